The number of anilines is 2. The van der Waals surface area contributed by atoms with E-state index in [0.29, 0.717) is 12.0 Å². The number of aromatic carboxylic acids is 1. The maximum atomic E-state index is 13.0. The number of rotatable bonds is 3. The van der Waals surface area contributed by atoms with Gasteiger partial charge in [0.1, 0.15) is 0 Å². The molecule has 4 aromatic rings. The van der Waals surface area contributed by atoms with E-state index < -0.39 is 23.3 Å². The van der Waals surface area contributed by atoms with Gasteiger partial charge < -0.3 is 14.4 Å². The third-order valence-electron chi connectivity index (χ3n) is 9.56. The number of Topliss-reactive ketones (excluding diaryl/α,β-unsaturated/α-hetero) is 2. The van der Waals surface area contributed by atoms with Gasteiger partial charge in [-0.05, 0) is 76.6 Å². The monoisotopic (exact) mass is 541 g/mol. The van der Waals surface area contributed by atoms with Crippen LogP contribution < -0.4 is 4.90 Å². The van der Waals surface area contributed by atoms with Gasteiger partial charge in [-0.25, -0.2) is 4.79 Å². The molecule has 1 saturated carbocycles. The number of benzene rings is 3. The Morgan fingerprint density at radius 1 is 0.927 bits per heavy atom. The predicted octanol–water partition coefficient (Wildman–Crippen LogP) is 7.53. The number of nitrogens with zero attached hydrogens (tertiary/aromatic N) is 1. The van der Waals surface area contributed by atoms with Gasteiger partial charge in [0.15, 0.2) is 5.76 Å². The first kappa shape index (κ1) is 24.1. The number of carbonyl (C=O) groups excluding carboxylic acids is 2. The molecule has 1 fully saturated rings. The molecule has 1 aliphatic heterocycles. The molecule has 0 amide bonds. The zero-order chi connectivity index (χ0) is 28.2. The molecule has 0 saturated heterocycles. The number of carboxylic acids is 1. The summed E-state index contributed by atoms with van der Waals surface area (Å²) in [6.07, 6.45) is 4.98. The van der Waals surface area contributed by atoms with Gasteiger partial charge >= 0.3 is 5.97 Å². The van der Waals surface area contributed by atoms with Gasteiger partial charge in [0.25, 0.3) is 0 Å². The minimum Gasteiger partial charge on any atom is -0.475 e. The summed E-state index contributed by atoms with van der Waals surface area (Å²) in [5, 5.41) is 9.16. The maximum absolute atomic E-state index is 13.0. The van der Waals surface area contributed by atoms with Gasteiger partial charge in [0, 0.05) is 34.8 Å². The molecule has 41 heavy (non-hydrogen) atoms. The van der Waals surface area contributed by atoms with Gasteiger partial charge in [-0.15, -0.1) is 0 Å². The summed E-state index contributed by atoms with van der Waals surface area (Å²) in [4.78, 5) is 39.6. The molecule has 0 spiro atoms. The van der Waals surface area contributed by atoms with E-state index in [0.717, 1.165) is 30.9 Å². The van der Waals surface area contributed by atoms with Crippen LogP contribution in [0.5, 0.6) is 0 Å². The quantitative estimate of drug-likeness (QED) is 0.213. The van der Waals surface area contributed by atoms with E-state index in [9.17, 15) is 14.4 Å². The van der Waals surface area contributed by atoms with E-state index >= 15 is 0 Å². The molecule has 6 heteroatoms. The molecule has 2 heterocycles. The first-order valence-electron chi connectivity index (χ1n) is 14.1. The van der Waals surface area contributed by atoms with Gasteiger partial charge in [-0.1, -0.05) is 56.7 Å². The van der Waals surface area contributed by atoms with Gasteiger partial charge in [-0.3, -0.25) is 9.59 Å². The Hall–Kier alpha value is -4.71. The van der Waals surface area contributed by atoms with Crippen molar-refractivity contribution in [2.24, 2.45) is 0 Å². The Kier molecular flexibility index (Phi) is 4.80. The number of carbonyl (C=O) groups is 3. The molecule has 2 atom stereocenters. The number of hydrogen-bond acceptors (Lipinski definition) is 5. The van der Waals surface area contributed by atoms with Crippen LogP contribution in [0.15, 0.2) is 76.7 Å². The van der Waals surface area contributed by atoms with Crippen LogP contribution in [-0.2, 0) is 5.41 Å². The molecule has 3 aliphatic carbocycles. The summed E-state index contributed by atoms with van der Waals surface area (Å²) in [7, 11) is 0. The SMILES string of the molecule is CC1(C)c2ccccc2-c2ccc(N3c4ccc(C=C5C(=O)c6cc(C(=O)O)oc6C5=O)cc4C4CCCC43)cc21. The van der Waals surface area contributed by atoms with Gasteiger partial charge in [0.05, 0.1) is 11.1 Å². The van der Waals surface area contributed by atoms with Crippen molar-refractivity contribution in [3.05, 3.63) is 112 Å². The fourth-order valence-corrected chi connectivity index (χ4v) is 7.64. The molecule has 2 unspecified atom stereocenters. The third-order valence-corrected chi connectivity index (χ3v) is 9.56. The van der Waals surface area contributed by atoms with Crippen LogP contribution in [0.25, 0.3) is 17.2 Å². The predicted molar refractivity (Wildman–Crippen MR) is 155 cm³/mol. The van der Waals surface area contributed by atoms with Crippen molar-refractivity contribution in [3.63, 3.8) is 0 Å². The number of hydrogen-bond donors (Lipinski definition) is 1. The fraction of sp³-hybridized carbons (Fsp3) is 0.229. The smallest absolute Gasteiger partial charge is 0.371 e. The van der Waals surface area contributed by atoms with E-state index in [1.807, 2.05) is 6.07 Å². The second-order valence-electron chi connectivity index (χ2n) is 12.1. The molecule has 4 aliphatic rings. The van der Waals surface area contributed by atoms with Crippen molar-refractivity contribution >= 4 is 35.0 Å². The van der Waals surface area contributed by atoms with E-state index in [1.54, 1.807) is 6.08 Å². The summed E-state index contributed by atoms with van der Waals surface area (Å²) in [5.74, 6) is -2.59. The number of furan rings is 1. The second kappa shape index (κ2) is 8.16. The highest BCUT2D eigenvalue weighted by Crippen LogP contribution is 2.55. The Morgan fingerprint density at radius 2 is 1.73 bits per heavy atom. The van der Waals surface area contributed by atoms with E-state index in [-0.39, 0.29) is 22.3 Å². The summed E-state index contributed by atoms with van der Waals surface area (Å²) >= 11 is 0. The molecule has 1 N–H and O–H groups in total. The Bertz CT molecular complexity index is 1850. The van der Waals surface area contributed by atoms with E-state index in [4.69, 9.17) is 9.52 Å². The molecule has 202 valence electrons. The zero-order valence-electron chi connectivity index (χ0n) is 22.7. The highest BCUT2D eigenvalue weighted by Gasteiger charge is 2.44. The molecule has 3 aromatic carbocycles. The van der Waals surface area contributed by atoms with Crippen LogP contribution in [0, 0.1) is 0 Å². The van der Waals surface area contributed by atoms with Crippen LogP contribution in [0.4, 0.5) is 11.4 Å². The lowest BCUT2D eigenvalue weighted by molar-refractivity contribution is 0.0660. The van der Waals surface area contributed by atoms with Gasteiger partial charge in [0.2, 0.25) is 17.3 Å². The maximum Gasteiger partial charge on any atom is 0.371 e. The molecule has 8 rings (SSSR count). The summed E-state index contributed by atoms with van der Waals surface area (Å²) in [6.45, 7) is 4.61. The first-order chi connectivity index (χ1) is 19.7. The molecule has 0 bridgehead atoms. The van der Waals surface area contributed by atoms with Crippen LogP contribution in [0.3, 0.4) is 0 Å². The fourth-order valence-electron chi connectivity index (χ4n) is 7.64. The number of allylic oxidation sites excluding steroid dienone is 1. The highest BCUT2D eigenvalue weighted by atomic mass is 16.4. The highest BCUT2D eigenvalue weighted by molar-refractivity contribution is 6.40. The van der Waals surface area contributed by atoms with E-state index in [2.05, 4.69) is 73.3 Å². The normalized spacial score (nSPS) is 22.1. The lowest BCUT2D eigenvalue weighted by atomic mass is 9.82. The lowest BCUT2D eigenvalue weighted by Gasteiger charge is -2.29. The van der Waals surface area contributed by atoms with Crippen molar-refractivity contribution in [2.45, 2.75) is 50.5 Å². The first-order valence-corrected chi connectivity index (χ1v) is 14.1. The molecule has 6 nitrogen and oxygen atoms in total. The largest absolute Gasteiger partial charge is 0.475 e. The van der Waals surface area contributed by atoms with Crippen LogP contribution in [0.2, 0.25) is 0 Å². The van der Waals surface area contributed by atoms with Crippen molar-refractivity contribution in [3.8, 4) is 11.1 Å². The van der Waals surface area contributed by atoms with Crippen LogP contribution in [0.1, 0.15) is 92.7 Å². The van der Waals surface area contributed by atoms with Crippen LogP contribution in [-0.4, -0.2) is 28.7 Å². The Labute approximate surface area is 236 Å². The Morgan fingerprint density at radius 3 is 2.54 bits per heavy atom. The topological polar surface area (TPSA) is 87.8 Å². The van der Waals surface area contributed by atoms with Crippen molar-refractivity contribution in [2.75, 3.05) is 4.90 Å². The average molecular weight is 542 g/mol. The average Bonchev–Trinajstić information content (AvgIpc) is 3.75. The number of ketones is 2. The van der Waals surface area contributed by atoms with Crippen LogP contribution >= 0.6 is 0 Å². The zero-order valence-corrected chi connectivity index (χ0v) is 22.7. The number of carboxylic acid groups (broad SMARTS) is 1. The van der Waals surface area contributed by atoms with Crippen molar-refractivity contribution < 1.29 is 23.9 Å². The minimum atomic E-state index is -1.31. The van der Waals surface area contributed by atoms with Crippen molar-refractivity contribution in [1.82, 2.24) is 0 Å². The summed E-state index contributed by atoms with van der Waals surface area (Å²) in [5.41, 5.74) is 9.68. The second-order valence-corrected chi connectivity index (χ2v) is 12.1. The van der Waals surface area contributed by atoms with E-state index in [1.165, 1.54) is 39.2 Å². The molecule has 1 aromatic heterocycles. The molecular weight excluding hydrogens is 514 g/mol. The summed E-state index contributed by atoms with van der Waals surface area (Å²) in [6, 6.07) is 23.3. The Balaban J connectivity index is 1.17. The molecular formula is C35H27NO5. The summed E-state index contributed by atoms with van der Waals surface area (Å²) < 4.78 is 5.18. The van der Waals surface area contributed by atoms with Crippen molar-refractivity contribution in [1.29, 1.82) is 0 Å². The third kappa shape index (κ3) is 3.22. The molecule has 0 radical (unpaired) electrons. The van der Waals surface area contributed by atoms with Gasteiger partial charge in [-0.2, -0.15) is 0 Å². The number of fused-ring (bicyclic) bond motifs is 7. The minimum absolute atomic E-state index is 0.00823. The lowest BCUT2D eigenvalue weighted by Crippen LogP contribution is -2.27. The standard InChI is InChI=1S/C35H27NO5/c1-35(2)26-8-4-3-6-20(26)21-12-11-19(16-27(21)35)36-28-9-5-7-22(28)23-14-18(10-13-29(23)36)15-24-31(37)25-17-30(34(39)40)41-33(25)32(24)38/h3-4,6,8,10-17,22,28H,5,7,9H2,1-2H3,(H,39,40).